The third kappa shape index (κ3) is 109. The molecule has 0 radical (unpaired) electrons. The molecule has 0 aromatic rings. The molecule has 5 aliphatic rings. The molecule has 0 atom stereocenters. The zero-order valence-corrected chi connectivity index (χ0v) is 35.6. The molecule has 3 saturated heterocycles. The Morgan fingerprint density at radius 3 is 0.773 bits per heavy atom. The van der Waals surface area contributed by atoms with E-state index in [0.29, 0.717) is 30.7 Å². The summed E-state index contributed by atoms with van der Waals surface area (Å²) in [7, 11) is 0. The number of hydrogen-bond donors (Lipinski definition) is 6. The summed E-state index contributed by atoms with van der Waals surface area (Å²) < 4.78 is 52.5. The molecule has 5 rings (SSSR count). The van der Waals surface area contributed by atoms with Crippen molar-refractivity contribution in [1.82, 2.24) is 26.3 Å². The van der Waals surface area contributed by atoms with E-state index >= 15 is 0 Å². The van der Waals surface area contributed by atoms with E-state index in [0.717, 1.165) is 11.8 Å². The quantitative estimate of drug-likeness (QED) is 0.102. The van der Waals surface area contributed by atoms with Gasteiger partial charge >= 0.3 is 85.1 Å². The fraction of sp³-hybridized carbons (Fsp3) is 0.465. The zero-order valence-electron chi connectivity index (χ0n) is 31.8. The predicted molar refractivity (Wildman–Crippen MR) is 289 cm³/mol. The number of imide groups is 5. The number of amides is 10. The maximum atomic E-state index is 11.1. The molecule has 75 heavy (non-hydrogen) atoms. The molecule has 0 spiro atoms. The van der Waals surface area contributed by atoms with E-state index in [4.69, 9.17) is 37.8 Å². The van der Waals surface area contributed by atoms with Crippen molar-refractivity contribution >= 4 is 122 Å². The molecule has 32 heteroatoms. The van der Waals surface area contributed by atoms with Gasteiger partial charge in [-0.2, -0.15) is 40.5 Å². The van der Waals surface area contributed by atoms with Crippen LogP contribution in [0.3, 0.4) is 0 Å². The van der Waals surface area contributed by atoms with Crippen molar-refractivity contribution in [1.29, 1.82) is 0 Å². The van der Waals surface area contributed by atoms with Crippen LogP contribution in [-0.2, 0) is 94.9 Å². The maximum absolute atomic E-state index is 11.1. The summed E-state index contributed by atoms with van der Waals surface area (Å²) in [6.45, 7) is 32.8. The third-order valence-electron chi connectivity index (χ3n) is 4.57. The number of carbonyl (C=O) groups excluding carboxylic acids is 12. The van der Waals surface area contributed by atoms with Crippen molar-refractivity contribution in [3.05, 3.63) is 70.9 Å². The van der Waals surface area contributed by atoms with Crippen LogP contribution in [0.4, 0.5) is 0 Å². The molecule has 0 aliphatic carbocycles. The second kappa shape index (κ2) is 122. The van der Waals surface area contributed by atoms with Crippen molar-refractivity contribution in [3.8, 4) is 0 Å². The molecule has 0 aromatic heterocycles. The van der Waals surface area contributed by atoms with E-state index in [1.54, 1.807) is 0 Å². The van der Waals surface area contributed by atoms with E-state index in [9.17, 15) is 57.5 Å². The minimum absolute atomic E-state index is 0. The number of nitrogens with one attached hydrogen (secondary N) is 4. The number of thioether (sulfide) groups is 1. The molecule has 28 nitrogen and oxygen atoms in total. The standard InChI is InChI=1S/C8H9NO5S.2C4H5NO2.2C4H3NO2.7CO.12CH4.H3NO.H2O.3H2S/c1-5(10)15-4-8(13)14-9-6(11)2-3-7(9)12;4*6-3-1-2-4(7)5-3;7*1-2;;;;;;;;;;;;;1-2;;;;/h2-4H2,1H3;2*1-2H2,(H,5,6,7);2*1-2H,(H,5,6,7);;;;;;;;12*1H4;2H,1H2;4*1H2. The first-order valence-corrected chi connectivity index (χ1v) is 14.7. The number of nitrogens with two attached hydrogens (primary N) is 1. The summed E-state index contributed by atoms with van der Waals surface area (Å²) >= 11 is 0.762. The first-order valence-electron chi connectivity index (χ1n) is 13.8. The summed E-state index contributed by atoms with van der Waals surface area (Å²) in [6.07, 6.45) is 6.41. The molecule has 0 saturated carbocycles. The molecule has 0 bridgehead atoms. The van der Waals surface area contributed by atoms with Gasteiger partial charge in [-0.05, 0) is 0 Å². The molecule has 5 heterocycles. The van der Waals surface area contributed by atoms with Crippen molar-refractivity contribution in [2.45, 2.75) is 135 Å². The first-order chi connectivity index (χ1) is 28.2. The van der Waals surface area contributed by atoms with Gasteiger partial charge < -0.3 is 15.5 Å². The second-order valence-corrected chi connectivity index (χ2v) is 9.29. The summed E-state index contributed by atoms with van der Waals surface area (Å²) in [6, 6.07) is 0. The van der Waals surface area contributed by atoms with Crippen LogP contribution < -0.4 is 27.2 Å². The van der Waals surface area contributed by atoms with Crippen LogP contribution >= 0.6 is 52.2 Å². The molecular formula is C43H84N6O22S4. The van der Waals surface area contributed by atoms with Crippen molar-refractivity contribution in [2.24, 2.45) is 5.90 Å². The van der Waals surface area contributed by atoms with Gasteiger partial charge in [-0.25, -0.2) is 10.7 Å². The Labute approximate surface area is 469 Å². The average molecular weight is 1170 g/mol. The van der Waals surface area contributed by atoms with Gasteiger partial charge in [0, 0.05) is 69.8 Å². The van der Waals surface area contributed by atoms with Gasteiger partial charge in [0.25, 0.3) is 35.4 Å². The predicted octanol–water partition coefficient (Wildman–Crippen LogP) is 3.34. The Morgan fingerprint density at radius 1 is 0.467 bits per heavy atom. The van der Waals surface area contributed by atoms with Crippen molar-refractivity contribution in [3.63, 3.8) is 0 Å². The fourth-order valence-corrected chi connectivity index (χ4v) is 3.05. The molecular weight excluding hydrogens is 1080 g/mol. The van der Waals surface area contributed by atoms with Gasteiger partial charge in [0.2, 0.25) is 23.6 Å². The molecule has 9 N–H and O–H groups in total. The Hall–Kier alpha value is -6.22. The molecule has 0 aromatic carbocycles. The van der Waals surface area contributed by atoms with Crippen LogP contribution in [0.25, 0.3) is 0 Å². The van der Waals surface area contributed by atoms with Crippen LogP contribution in [0.5, 0.6) is 0 Å². The van der Waals surface area contributed by atoms with Crippen molar-refractivity contribution in [2.75, 3.05) is 5.75 Å². The van der Waals surface area contributed by atoms with Crippen molar-refractivity contribution < 1.29 is 106 Å². The number of carbonyl (C=O) groups is 12. The van der Waals surface area contributed by atoms with Gasteiger partial charge in [-0.3, -0.25) is 74.0 Å². The summed E-state index contributed by atoms with van der Waals surface area (Å²) in [5.74, 6) is -0.442. The molecule has 442 valence electrons. The number of nitrogens with zero attached hydrogens (tertiary/aromatic N) is 1. The Bertz CT molecular complexity index is 1460. The Kier molecular flexibility index (Phi) is 256. The molecule has 3 fully saturated rings. The third-order valence-corrected chi connectivity index (χ3v) is 5.36. The summed E-state index contributed by atoms with van der Waals surface area (Å²) in [5.41, 5.74) is 0. The van der Waals surface area contributed by atoms with Crippen LogP contribution in [-0.4, -0.2) is 91.7 Å². The summed E-state index contributed by atoms with van der Waals surface area (Å²) in [4.78, 5) is 129. The molecule has 5 aliphatic heterocycles. The van der Waals surface area contributed by atoms with E-state index in [1.807, 2.05) is 10.6 Å². The normalized spacial score (nSPS) is 10.4. The number of hydrogen-bond acceptors (Lipinski definition) is 16. The van der Waals surface area contributed by atoms with E-state index in [1.165, 1.54) is 31.2 Å². The van der Waals surface area contributed by atoms with Crippen LogP contribution in [0, 0.1) is 46.6 Å². The van der Waals surface area contributed by atoms with Crippen LogP contribution in [0.15, 0.2) is 24.3 Å². The fourth-order valence-electron chi connectivity index (χ4n) is 2.67. The minimum atomic E-state index is -0.779. The zero-order chi connectivity index (χ0) is 48.5. The van der Waals surface area contributed by atoms with Gasteiger partial charge in [-0.1, -0.05) is 101 Å². The topological polar surface area (TPSA) is 482 Å². The van der Waals surface area contributed by atoms with Gasteiger partial charge in [0.05, 0.1) is 0 Å². The SMILES string of the molecule is C.C.C.C.C.C.C.C.C.C.C.C.CC(=O)SCC(=O)ON1C(=O)CCC1=O.NO.O.O=C1C=CC(=O)N1.O=C1C=CC(=O)N1.O=C1CCC(=O)N1.O=C1CCC(=O)N1.S.S.S.[C-]#[O+].[C-]#[O+].[C-]#[O+].[C-]#[O+].[C-]#[O+].[C-]#[O+].[C-]#[O+]. The molecule has 0 unspecified atom stereocenters. The monoisotopic (exact) mass is 1160 g/mol. The molecule has 10 amide bonds. The van der Waals surface area contributed by atoms with E-state index in [-0.39, 0.29) is 206 Å². The second-order valence-electron chi connectivity index (χ2n) is 8.14. The van der Waals surface area contributed by atoms with Crippen LogP contribution in [0.1, 0.15) is 135 Å². The van der Waals surface area contributed by atoms with Gasteiger partial charge in [0.1, 0.15) is 5.75 Å². The summed E-state index contributed by atoms with van der Waals surface area (Å²) in [5, 5.41) is 15.1. The Morgan fingerprint density at radius 2 is 0.653 bits per heavy atom. The van der Waals surface area contributed by atoms with E-state index in [2.05, 4.69) is 67.9 Å². The van der Waals surface area contributed by atoms with Gasteiger partial charge in [-0.15, -0.1) is 5.06 Å². The average Bonchev–Trinajstić information content (AvgIpc) is 4.11. The number of rotatable bonds is 3. The first kappa shape index (κ1) is 158. The van der Waals surface area contributed by atoms with Crippen LogP contribution in [0.2, 0.25) is 0 Å². The Balaban J connectivity index is -0.0000000179. The number of hydroxylamine groups is 2. The van der Waals surface area contributed by atoms with E-state index < -0.39 is 17.8 Å². The van der Waals surface area contributed by atoms with Gasteiger partial charge in [0.15, 0.2) is 5.12 Å².